The molecule has 21 heavy (non-hydrogen) atoms. The summed E-state index contributed by atoms with van der Waals surface area (Å²) in [6, 6.07) is 9.19. The maximum absolute atomic E-state index is 12.4. The Morgan fingerprint density at radius 3 is 2.33 bits per heavy atom. The number of halogens is 1. The molecule has 1 aliphatic heterocycles. The van der Waals surface area contributed by atoms with E-state index in [4.69, 9.17) is 11.6 Å². The van der Waals surface area contributed by atoms with Crippen molar-refractivity contribution >= 4 is 29.0 Å². The van der Waals surface area contributed by atoms with E-state index in [0.717, 1.165) is 10.5 Å². The fourth-order valence-corrected chi connectivity index (χ4v) is 2.29. The molecule has 0 radical (unpaired) electrons. The molecule has 3 rings (SSSR count). The molecule has 0 saturated heterocycles. The van der Waals surface area contributed by atoms with Gasteiger partial charge in [0.2, 0.25) is 0 Å². The van der Waals surface area contributed by atoms with Gasteiger partial charge in [0.15, 0.2) is 5.82 Å². The van der Waals surface area contributed by atoms with Gasteiger partial charge in [-0.15, -0.1) is 0 Å². The van der Waals surface area contributed by atoms with E-state index in [1.54, 1.807) is 0 Å². The minimum atomic E-state index is -0.541. The Bertz CT molecular complexity index is 731. The van der Waals surface area contributed by atoms with Gasteiger partial charge in [-0.2, -0.15) is 0 Å². The Balaban J connectivity index is 1.92. The third-order valence-corrected chi connectivity index (χ3v) is 3.36. The van der Waals surface area contributed by atoms with Gasteiger partial charge in [0, 0.05) is 0 Å². The molecule has 0 fully saturated rings. The van der Waals surface area contributed by atoms with Crippen molar-refractivity contribution in [1.29, 1.82) is 0 Å². The summed E-state index contributed by atoms with van der Waals surface area (Å²) in [5.41, 5.74) is 0.848. The number of amides is 2. The van der Waals surface area contributed by atoms with Crippen molar-refractivity contribution < 1.29 is 9.59 Å². The highest BCUT2D eigenvalue weighted by atomic mass is 35.5. The van der Waals surface area contributed by atoms with Crippen LogP contribution in [0.4, 0.5) is 0 Å². The number of carbonyl (C=O) groups excluding carboxylic acids is 2. The SMILES string of the molecule is O=C1C(Cl)=C(c2ncncn2)C(=O)N1Cc1ccccc1. The van der Waals surface area contributed by atoms with Crippen molar-refractivity contribution in [3.05, 3.63) is 59.4 Å². The second-order valence-corrected chi connectivity index (χ2v) is 4.71. The highest BCUT2D eigenvalue weighted by Gasteiger charge is 2.39. The molecular weight excluding hydrogens is 292 g/mol. The zero-order chi connectivity index (χ0) is 14.8. The van der Waals surface area contributed by atoms with Crippen molar-refractivity contribution in [2.45, 2.75) is 6.54 Å². The highest BCUT2D eigenvalue weighted by Crippen LogP contribution is 2.30. The van der Waals surface area contributed by atoms with E-state index in [2.05, 4.69) is 15.0 Å². The van der Waals surface area contributed by atoms with Gasteiger partial charge in [-0.3, -0.25) is 14.5 Å². The summed E-state index contributed by atoms with van der Waals surface area (Å²) in [7, 11) is 0. The largest absolute Gasteiger partial charge is 0.273 e. The van der Waals surface area contributed by atoms with E-state index in [9.17, 15) is 9.59 Å². The van der Waals surface area contributed by atoms with Gasteiger partial charge in [0.05, 0.1) is 6.54 Å². The predicted octanol–water partition coefficient (Wildman–Crippen LogP) is 1.39. The summed E-state index contributed by atoms with van der Waals surface area (Å²) < 4.78 is 0. The lowest BCUT2D eigenvalue weighted by Gasteiger charge is -2.14. The van der Waals surface area contributed by atoms with Crippen LogP contribution >= 0.6 is 11.6 Å². The number of hydrogen-bond donors (Lipinski definition) is 0. The van der Waals surface area contributed by atoms with Crippen LogP contribution in [0.1, 0.15) is 11.4 Å². The monoisotopic (exact) mass is 300 g/mol. The summed E-state index contributed by atoms with van der Waals surface area (Å²) in [6.07, 6.45) is 2.49. The third-order valence-electron chi connectivity index (χ3n) is 3.01. The van der Waals surface area contributed by atoms with Gasteiger partial charge in [-0.1, -0.05) is 41.9 Å². The third kappa shape index (κ3) is 2.41. The summed E-state index contributed by atoms with van der Waals surface area (Å²) in [5, 5.41) is -0.165. The molecule has 1 aromatic carbocycles. The van der Waals surface area contributed by atoms with E-state index in [0.29, 0.717) is 0 Å². The topological polar surface area (TPSA) is 76.0 Å². The van der Waals surface area contributed by atoms with E-state index in [1.165, 1.54) is 12.7 Å². The van der Waals surface area contributed by atoms with Crippen molar-refractivity contribution in [1.82, 2.24) is 19.9 Å². The molecule has 0 spiro atoms. The van der Waals surface area contributed by atoms with E-state index < -0.39 is 11.8 Å². The second-order valence-electron chi connectivity index (χ2n) is 4.33. The quantitative estimate of drug-likeness (QED) is 0.801. The van der Waals surface area contributed by atoms with Gasteiger partial charge < -0.3 is 0 Å². The Kier molecular flexibility index (Phi) is 3.45. The molecule has 2 aromatic rings. The summed E-state index contributed by atoms with van der Waals surface area (Å²) in [5.74, 6) is -0.940. The molecule has 2 heterocycles. The van der Waals surface area contributed by atoms with Crippen molar-refractivity contribution in [3.8, 4) is 0 Å². The van der Waals surface area contributed by atoms with Gasteiger partial charge in [-0.25, -0.2) is 15.0 Å². The Hall–Kier alpha value is -2.60. The number of benzene rings is 1. The lowest BCUT2D eigenvalue weighted by molar-refractivity contribution is -0.137. The smallest absolute Gasteiger partial charge is 0.269 e. The standard InChI is InChI=1S/C14H9ClN4O2/c15-11-10(12-17-7-16-8-18-12)13(20)19(14(11)21)6-9-4-2-1-3-5-9/h1-5,7-8H,6H2. The van der Waals surface area contributed by atoms with Gasteiger partial charge in [0.25, 0.3) is 11.8 Å². The number of imide groups is 1. The van der Waals surface area contributed by atoms with E-state index in [1.807, 2.05) is 30.3 Å². The molecule has 0 N–H and O–H groups in total. The Morgan fingerprint density at radius 1 is 1.00 bits per heavy atom. The molecule has 0 atom stereocenters. The molecule has 104 valence electrons. The molecule has 2 amide bonds. The summed E-state index contributed by atoms with van der Waals surface area (Å²) >= 11 is 5.99. The first-order chi connectivity index (χ1) is 10.2. The first kappa shape index (κ1) is 13.4. The molecule has 0 aliphatic carbocycles. The minimum absolute atomic E-state index is 0.0139. The van der Waals surface area contributed by atoms with Crippen LogP contribution in [0.25, 0.3) is 5.57 Å². The predicted molar refractivity (Wildman–Crippen MR) is 74.6 cm³/mol. The first-order valence-corrected chi connectivity index (χ1v) is 6.48. The average Bonchev–Trinajstić information content (AvgIpc) is 2.73. The second kappa shape index (κ2) is 5.41. The van der Waals surface area contributed by atoms with Crippen molar-refractivity contribution in [2.75, 3.05) is 0 Å². The van der Waals surface area contributed by atoms with Crippen LogP contribution in [0, 0.1) is 0 Å². The zero-order valence-corrected chi connectivity index (χ0v) is 11.5. The van der Waals surface area contributed by atoms with Gasteiger partial charge >= 0.3 is 0 Å². The Labute approximate surface area is 125 Å². The van der Waals surface area contributed by atoms with Crippen LogP contribution in [-0.2, 0) is 16.1 Å². The van der Waals surface area contributed by atoms with Gasteiger partial charge in [-0.05, 0) is 5.56 Å². The van der Waals surface area contributed by atoms with Crippen LogP contribution < -0.4 is 0 Å². The Morgan fingerprint density at radius 2 is 1.67 bits per heavy atom. The molecular formula is C14H9ClN4O2. The normalized spacial score (nSPS) is 15.0. The molecule has 1 aromatic heterocycles. The highest BCUT2D eigenvalue weighted by molar-refractivity contribution is 6.54. The lowest BCUT2D eigenvalue weighted by Crippen LogP contribution is -2.30. The fraction of sp³-hybridized carbons (Fsp3) is 0.0714. The van der Waals surface area contributed by atoms with Crippen molar-refractivity contribution in [3.63, 3.8) is 0 Å². The molecule has 0 unspecified atom stereocenters. The maximum atomic E-state index is 12.4. The molecule has 7 heteroatoms. The lowest BCUT2D eigenvalue weighted by atomic mass is 10.2. The fourth-order valence-electron chi connectivity index (χ4n) is 2.02. The van der Waals surface area contributed by atoms with E-state index >= 15 is 0 Å². The number of carbonyl (C=O) groups is 2. The minimum Gasteiger partial charge on any atom is -0.269 e. The first-order valence-electron chi connectivity index (χ1n) is 6.10. The molecule has 6 nitrogen and oxygen atoms in total. The molecule has 1 aliphatic rings. The molecule has 0 bridgehead atoms. The van der Waals surface area contributed by atoms with Gasteiger partial charge in [0.1, 0.15) is 23.3 Å². The summed E-state index contributed by atoms with van der Waals surface area (Å²) in [4.78, 5) is 37.0. The van der Waals surface area contributed by atoms with Crippen molar-refractivity contribution in [2.24, 2.45) is 0 Å². The number of nitrogens with zero attached hydrogens (tertiary/aromatic N) is 4. The van der Waals surface area contributed by atoms with Crippen LogP contribution in [0.5, 0.6) is 0 Å². The number of aromatic nitrogens is 3. The van der Waals surface area contributed by atoms with Crippen LogP contribution in [0.2, 0.25) is 0 Å². The van der Waals surface area contributed by atoms with Crippen LogP contribution in [-0.4, -0.2) is 31.7 Å². The number of rotatable bonds is 3. The van der Waals surface area contributed by atoms with E-state index in [-0.39, 0.29) is 23.0 Å². The average molecular weight is 301 g/mol. The van der Waals surface area contributed by atoms with Crippen LogP contribution in [0.3, 0.4) is 0 Å². The summed E-state index contributed by atoms with van der Waals surface area (Å²) in [6.45, 7) is 0.156. The maximum Gasteiger partial charge on any atom is 0.273 e. The number of hydrogen-bond acceptors (Lipinski definition) is 5. The zero-order valence-electron chi connectivity index (χ0n) is 10.7. The van der Waals surface area contributed by atoms with Crippen LogP contribution in [0.15, 0.2) is 48.0 Å². The molecule has 0 saturated carbocycles.